The number of hydrogen-bond donors (Lipinski definition) is 2. The third-order valence-electron chi connectivity index (χ3n) is 3.30. The fraction of sp³-hybridized carbons (Fsp3) is 0.733. The molecule has 19 heavy (non-hydrogen) atoms. The predicted molar refractivity (Wildman–Crippen MR) is 82.6 cm³/mol. The predicted octanol–water partition coefficient (Wildman–Crippen LogP) is 3.93. The molecule has 1 rings (SSSR count). The Kier molecular flexibility index (Phi) is 7.94. The molecular weight excluding hydrogens is 236 g/mol. The van der Waals surface area contributed by atoms with Gasteiger partial charge >= 0.3 is 0 Å². The van der Waals surface area contributed by atoms with E-state index in [4.69, 9.17) is 0 Å². The molecule has 0 spiro atoms. The van der Waals surface area contributed by atoms with Gasteiger partial charge in [0.2, 0.25) is 5.95 Å². The summed E-state index contributed by atoms with van der Waals surface area (Å²) in [6, 6.07) is 1.93. The number of unbranched alkanes of at least 4 members (excludes halogenated alkanes) is 1. The summed E-state index contributed by atoms with van der Waals surface area (Å²) < 4.78 is 0. The van der Waals surface area contributed by atoms with Crippen molar-refractivity contribution in [1.29, 1.82) is 0 Å². The topological polar surface area (TPSA) is 49.8 Å². The average Bonchev–Trinajstić information content (AvgIpc) is 2.46. The van der Waals surface area contributed by atoms with Crippen LogP contribution in [-0.2, 0) is 0 Å². The van der Waals surface area contributed by atoms with E-state index in [1.807, 2.05) is 6.07 Å². The quantitative estimate of drug-likeness (QED) is 0.672. The summed E-state index contributed by atoms with van der Waals surface area (Å²) in [5.41, 5.74) is 0. The first-order valence-electron chi connectivity index (χ1n) is 7.60. The van der Waals surface area contributed by atoms with Crippen LogP contribution in [0.25, 0.3) is 0 Å². The molecule has 4 nitrogen and oxygen atoms in total. The van der Waals surface area contributed by atoms with Crippen LogP contribution in [0.15, 0.2) is 12.3 Å². The van der Waals surface area contributed by atoms with Gasteiger partial charge in [-0.05, 0) is 24.8 Å². The minimum absolute atomic E-state index is 0.716. The third kappa shape index (κ3) is 6.41. The molecule has 1 atom stereocenters. The van der Waals surface area contributed by atoms with Crippen LogP contribution >= 0.6 is 0 Å². The molecule has 108 valence electrons. The van der Waals surface area contributed by atoms with Crippen molar-refractivity contribution in [1.82, 2.24) is 9.97 Å². The average molecular weight is 264 g/mol. The van der Waals surface area contributed by atoms with Crippen LogP contribution in [0.2, 0.25) is 0 Å². The molecule has 0 radical (unpaired) electrons. The number of nitrogens with one attached hydrogen (secondary N) is 2. The van der Waals surface area contributed by atoms with E-state index in [1.165, 1.54) is 25.7 Å². The van der Waals surface area contributed by atoms with Gasteiger partial charge in [0, 0.05) is 19.3 Å². The van der Waals surface area contributed by atoms with Crippen LogP contribution in [0.3, 0.4) is 0 Å². The Morgan fingerprint density at radius 1 is 1.16 bits per heavy atom. The van der Waals surface area contributed by atoms with Crippen molar-refractivity contribution in [2.24, 2.45) is 5.92 Å². The molecule has 0 fully saturated rings. The third-order valence-corrected chi connectivity index (χ3v) is 3.30. The summed E-state index contributed by atoms with van der Waals surface area (Å²) >= 11 is 0. The van der Waals surface area contributed by atoms with Gasteiger partial charge in [-0.25, -0.2) is 4.98 Å². The van der Waals surface area contributed by atoms with E-state index >= 15 is 0 Å². The second-order valence-corrected chi connectivity index (χ2v) is 4.99. The van der Waals surface area contributed by atoms with E-state index < -0.39 is 0 Å². The van der Waals surface area contributed by atoms with E-state index in [-0.39, 0.29) is 0 Å². The lowest BCUT2D eigenvalue weighted by molar-refractivity contribution is 0.472. The van der Waals surface area contributed by atoms with Crippen molar-refractivity contribution in [2.75, 3.05) is 23.7 Å². The lowest BCUT2D eigenvalue weighted by atomic mass is 9.99. The molecule has 2 N–H and O–H groups in total. The van der Waals surface area contributed by atoms with E-state index in [1.54, 1.807) is 6.20 Å². The minimum Gasteiger partial charge on any atom is -0.370 e. The maximum absolute atomic E-state index is 4.46. The molecule has 1 heterocycles. The normalized spacial score (nSPS) is 12.2. The summed E-state index contributed by atoms with van der Waals surface area (Å²) in [6.07, 6.45) is 7.99. The van der Waals surface area contributed by atoms with Gasteiger partial charge in [-0.3, -0.25) is 0 Å². The van der Waals surface area contributed by atoms with E-state index in [0.717, 1.165) is 31.2 Å². The molecule has 0 bridgehead atoms. The minimum atomic E-state index is 0.716. The fourth-order valence-corrected chi connectivity index (χ4v) is 1.97. The second kappa shape index (κ2) is 9.59. The molecule has 0 saturated heterocycles. The molecule has 0 saturated carbocycles. The van der Waals surface area contributed by atoms with Gasteiger partial charge in [-0.2, -0.15) is 4.98 Å². The van der Waals surface area contributed by atoms with Crippen molar-refractivity contribution < 1.29 is 0 Å². The standard InChI is InChI=1S/C15H28N4/c1-4-7-8-13(6-3)12-18-14-9-11-17-15(19-14)16-10-5-2/h9,11,13H,4-8,10,12H2,1-3H3,(H2,16,17,18,19). The zero-order valence-electron chi connectivity index (χ0n) is 12.6. The Labute approximate surface area is 117 Å². The van der Waals surface area contributed by atoms with E-state index in [2.05, 4.69) is 41.4 Å². The number of hydrogen-bond acceptors (Lipinski definition) is 4. The largest absolute Gasteiger partial charge is 0.370 e. The summed E-state index contributed by atoms with van der Waals surface area (Å²) in [7, 11) is 0. The molecule has 0 aromatic carbocycles. The van der Waals surface area contributed by atoms with Crippen molar-refractivity contribution in [3.63, 3.8) is 0 Å². The van der Waals surface area contributed by atoms with Gasteiger partial charge in [-0.1, -0.05) is 40.0 Å². The Hall–Kier alpha value is -1.32. The van der Waals surface area contributed by atoms with E-state index in [0.29, 0.717) is 5.95 Å². The highest BCUT2D eigenvalue weighted by atomic mass is 15.1. The molecule has 0 aliphatic rings. The summed E-state index contributed by atoms with van der Waals surface area (Å²) in [5, 5.41) is 6.64. The van der Waals surface area contributed by atoms with Crippen LogP contribution in [0.1, 0.15) is 52.9 Å². The van der Waals surface area contributed by atoms with Crippen LogP contribution in [0.5, 0.6) is 0 Å². The van der Waals surface area contributed by atoms with Gasteiger partial charge < -0.3 is 10.6 Å². The molecule has 1 aromatic rings. The lowest BCUT2D eigenvalue weighted by Crippen LogP contribution is -2.15. The Balaban J connectivity index is 2.42. The molecule has 0 aliphatic carbocycles. The van der Waals surface area contributed by atoms with Gasteiger partial charge in [0.25, 0.3) is 0 Å². The second-order valence-electron chi connectivity index (χ2n) is 4.99. The smallest absolute Gasteiger partial charge is 0.224 e. The van der Waals surface area contributed by atoms with Crippen molar-refractivity contribution in [3.8, 4) is 0 Å². The monoisotopic (exact) mass is 264 g/mol. The maximum Gasteiger partial charge on any atom is 0.224 e. The van der Waals surface area contributed by atoms with Crippen LogP contribution in [0, 0.1) is 5.92 Å². The summed E-state index contributed by atoms with van der Waals surface area (Å²) in [5.74, 6) is 2.37. The number of anilines is 2. The SMILES string of the molecule is CCCCC(CC)CNc1ccnc(NCCC)n1. The first-order chi connectivity index (χ1) is 9.30. The summed E-state index contributed by atoms with van der Waals surface area (Å²) in [6.45, 7) is 8.55. The van der Waals surface area contributed by atoms with Crippen LogP contribution in [0.4, 0.5) is 11.8 Å². The lowest BCUT2D eigenvalue weighted by Gasteiger charge is -2.15. The van der Waals surface area contributed by atoms with Crippen molar-refractivity contribution >= 4 is 11.8 Å². The van der Waals surface area contributed by atoms with Crippen LogP contribution in [-0.4, -0.2) is 23.1 Å². The number of rotatable bonds is 10. The molecule has 0 amide bonds. The van der Waals surface area contributed by atoms with Gasteiger partial charge in [0.05, 0.1) is 0 Å². The van der Waals surface area contributed by atoms with Crippen molar-refractivity contribution in [2.45, 2.75) is 52.9 Å². The zero-order valence-corrected chi connectivity index (χ0v) is 12.6. The highest BCUT2D eigenvalue weighted by Crippen LogP contribution is 2.14. The highest BCUT2D eigenvalue weighted by Gasteiger charge is 2.06. The zero-order chi connectivity index (χ0) is 13.9. The molecule has 1 unspecified atom stereocenters. The Morgan fingerprint density at radius 3 is 2.68 bits per heavy atom. The van der Waals surface area contributed by atoms with Gasteiger partial charge in [0.15, 0.2) is 0 Å². The number of nitrogens with zero attached hydrogens (tertiary/aromatic N) is 2. The highest BCUT2D eigenvalue weighted by molar-refractivity contribution is 5.39. The molecule has 0 aliphatic heterocycles. The van der Waals surface area contributed by atoms with Gasteiger partial charge in [-0.15, -0.1) is 0 Å². The Bertz CT molecular complexity index is 341. The van der Waals surface area contributed by atoms with Gasteiger partial charge in [0.1, 0.15) is 5.82 Å². The molecule has 1 aromatic heterocycles. The first kappa shape index (κ1) is 15.7. The fourth-order valence-electron chi connectivity index (χ4n) is 1.97. The first-order valence-corrected chi connectivity index (χ1v) is 7.60. The van der Waals surface area contributed by atoms with Crippen molar-refractivity contribution in [3.05, 3.63) is 12.3 Å². The van der Waals surface area contributed by atoms with E-state index in [9.17, 15) is 0 Å². The number of aromatic nitrogens is 2. The molecule has 4 heteroatoms. The Morgan fingerprint density at radius 2 is 2.00 bits per heavy atom. The van der Waals surface area contributed by atoms with Crippen LogP contribution < -0.4 is 10.6 Å². The summed E-state index contributed by atoms with van der Waals surface area (Å²) in [4.78, 5) is 8.68. The molecular formula is C15H28N4. The maximum atomic E-state index is 4.46.